The smallest absolute Gasteiger partial charge is 0.160 e. The lowest BCUT2D eigenvalue weighted by atomic mass is 9.82. The van der Waals surface area contributed by atoms with E-state index in [1.165, 1.54) is 85.1 Å². The molecule has 5 aromatic rings. The van der Waals surface area contributed by atoms with Gasteiger partial charge < -0.3 is 0 Å². The van der Waals surface area contributed by atoms with Gasteiger partial charge in [-0.1, -0.05) is 91.2 Å². The summed E-state index contributed by atoms with van der Waals surface area (Å²) in [5.74, 6) is 0.625. The van der Waals surface area contributed by atoms with Crippen molar-refractivity contribution in [1.82, 2.24) is 0 Å². The van der Waals surface area contributed by atoms with Crippen molar-refractivity contribution in [2.45, 2.75) is 25.7 Å². The number of fused-ring (bicyclic) bond motifs is 6. The largest absolute Gasteiger partial charge is 0.248 e. The maximum Gasteiger partial charge on any atom is 0.160 e. The molecule has 1 aliphatic carbocycles. The summed E-state index contributed by atoms with van der Waals surface area (Å²) in [5.41, 5.74) is 5.42. The van der Waals surface area contributed by atoms with Gasteiger partial charge in [0.05, 0.1) is 6.72 Å². The zero-order valence-electron chi connectivity index (χ0n) is 18.6. The van der Waals surface area contributed by atoms with Crippen LogP contribution in [0.3, 0.4) is 0 Å². The summed E-state index contributed by atoms with van der Waals surface area (Å²) in [6.45, 7) is 4.58. The molecule has 2 heteroatoms. The minimum Gasteiger partial charge on any atom is -0.248 e. The van der Waals surface area contributed by atoms with Gasteiger partial charge in [-0.15, -0.1) is 18.2 Å². The molecule has 2 aliphatic rings. The van der Waals surface area contributed by atoms with Gasteiger partial charge in [0.2, 0.25) is 0 Å². The normalized spacial score (nSPS) is 16.7. The molecule has 160 valence electrons. The van der Waals surface area contributed by atoms with Gasteiger partial charge in [-0.3, -0.25) is 0 Å². The first-order valence-corrected chi connectivity index (χ1v) is 12.7. The van der Waals surface area contributed by atoms with E-state index in [9.17, 15) is 0 Å². The first kappa shape index (κ1) is 19.1. The molecule has 1 fully saturated rings. The Labute approximate surface area is 198 Å². The van der Waals surface area contributed by atoms with Crippen LogP contribution < -0.4 is 0 Å². The average molecular weight is 444 g/mol. The zero-order chi connectivity index (χ0) is 21.9. The van der Waals surface area contributed by atoms with E-state index >= 15 is 0 Å². The van der Waals surface area contributed by atoms with Crippen molar-refractivity contribution < 1.29 is 4.58 Å². The lowest BCUT2D eigenvalue weighted by Crippen LogP contribution is -2.20. The maximum atomic E-state index is 4.58. The molecule has 0 N–H and O–H groups in total. The lowest BCUT2D eigenvalue weighted by Gasteiger charge is -2.30. The molecule has 1 aliphatic heterocycles. The monoisotopic (exact) mass is 443 g/mol. The number of rotatable bonds is 2. The molecule has 33 heavy (non-hydrogen) atoms. The highest BCUT2D eigenvalue weighted by Gasteiger charge is 2.33. The molecule has 1 nitrogen and oxygen atoms in total. The maximum absolute atomic E-state index is 4.58. The third-order valence-electron chi connectivity index (χ3n) is 7.54. The summed E-state index contributed by atoms with van der Waals surface area (Å²) in [7, 11) is 0. The van der Waals surface area contributed by atoms with Crippen molar-refractivity contribution in [3.8, 4) is 0 Å². The van der Waals surface area contributed by atoms with E-state index in [4.69, 9.17) is 0 Å². The second-order valence-electron chi connectivity index (χ2n) is 9.36. The fraction of sp³-hybridized carbons (Fsp3) is 0.161. The van der Waals surface area contributed by atoms with Gasteiger partial charge in [-0.05, 0) is 34.2 Å². The van der Waals surface area contributed by atoms with Crippen molar-refractivity contribution in [2.75, 3.05) is 0 Å². The third-order valence-corrected chi connectivity index (χ3v) is 8.76. The topological polar surface area (TPSA) is 3.01 Å². The fourth-order valence-electron chi connectivity index (χ4n) is 5.95. The fourth-order valence-corrected chi connectivity index (χ4v) is 7.17. The molecule has 0 spiro atoms. The van der Waals surface area contributed by atoms with Crippen LogP contribution in [0.1, 0.15) is 36.8 Å². The summed E-state index contributed by atoms with van der Waals surface area (Å²) in [6, 6.07) is 30.1. The van der Waals surface area contributed by atoms with Crippen LogP contribution >= 0.6 is 11.3 Å². The van der Waals surface area contributed by atoms with E-state index in [2.05, 4.69) is 96.2 Å². The van der Waals surface area contributed by atoms with Crippen LogP contribution in [-0.4, -0.2) is 11.3 Å². The third kappa shape index (κ3) is 2.84. The number of hydrogen-bond donors (Lipinski definition) is 0. The molecule has 0 bridgehead atoms. The number of benzene rings is 4. The van der Waals surface area contributed by atoms with Gasteiger partial charge in [0.1, 0.15) is 11.3 Å². The lowest BCUT2D eigenvalue weighted by molar-refractivity contribution is -0.400. The van der Waals surface area contributed by atoms with E-state index < -0.39 is 0 Å². The predicted molar refractivity (Wildman–Crippen MR) is 143 cm³/mol. The van der Waals surface area contributed by atoms with E-state index in [1.54, 1.807) is 0 Å². The summed E-state index contributed by atoms with van der Waals surface area (Å²) >= 11 is 1.90. The molecule has 0 saturated heterocycles. The highest BCUT2D eigenvalue weighted by molar-refractivity contribution is 7.26. The molecule has 4 aromatic carbocycles. The van der Waals surface area contributed by atoms with Crippen LogP contribution in [0.15, 0.2) is 84.9 Å². The van der Waals surface area contributed by atoms with Crippen molar-refractivity contribution in [3.63, 3.8) is 0 Å². The molecule has 0 unspecified atom stereocenters. The Balaban J connectivity index is 1.50. The Morgan fingerprint density at radius 3 is 2.58 bits per heavy atom. The Bertz CT molecular complexity index is 1600. The van der Waals surface area contributed by atoms with Gasteiger partial charge in [-0.25, -0.2) is 4.58 Å². The standard InChI is InChI=1S/C31H25NS/c1-32-27-18-17-21-11-4-5-12-22(21)30(27)26(20-9-2-3-10-20)19-28(32)25-15-8-14-24-23-13-6-7-16-29(23)33-31(24)25/h4-8,11-20H,1-3,9-10H2. The Morgan fingerprint density at radius 1 is 0.848 bits per heavy atom. The van der Waals surface area contributed by atoms with Crippen molar-refractivity contribution in [3.05, 3.63) is 102 Å². The van der Waals surface area contributed by atoms with Crippen molar-refractivity contribution in [2.24, 2.45) is 5.92 Å². The minimum absolute atomic E-state index is 0.625. The molecule has 0 atom stereocenters. The number of hydrogen-bond acceptors (Lipinski definition) is 0. The van der Waals surface area contributed by atoms with Crippen LogP contribution in [-0.2, 0) is 0 Å². The molecular formula is C31H25NS. The Morgan fingerprint density at radius 2 is 1.67 bits per heavy atom. The van der Waals surface area contributed by atoms with E-state index in [0.717, 1.165) is 0 Å². The van der Waals surface area contributed by atoms with Gasteiger partial charge in [0, 0.05) is 11.1 Å². The van der Waals surface area contributed by atoms with Crippen molar-refractivity contribution >= 4 is 60.3 Å². The molecule has 1 saturated carbocycles. The second-order valence-corrected chi connectivity index (χ2v) is 10.4. The number of nitrogens with zero attached hydrogens (tertiary/aromatic N) is 1. The molecule has 7 rings (SSSR count). The quantitative estimate of drug-likeness (QED) is 0.146. The Kier molecular flexibility index (Phi) is 4.25. The molecule has 0 amide bonds. The first-order chi connectivity index (χ1) is 16.3. The molecular weight excluding hydrogens is 418 g/mol. The summed E-state index contributed by atoms with van der Waals surface area (Å²) in [6.07, 6.45) is 7.70. The number of thiophene rings is 1. The Hall–Kier alpha value is -3.36. The van der Waals surface area contributed by atoms with Gasteiger partial charge >= 0.3 is 0 Å². The van der Waals surface area contributed by atoms with Gasteiger partial charge in [-0.2, -0.15) is 0 Å². The van der Waals surface area contributed by atoms with Gasteiger partial charge in [0.15, 0.2) is 21.1 Å². The highest BCUT2D eigenvalue weighted by atomic mass is 32.1. The van der Waals surface area contributed by atoms with Crippen LogP contribution in [0.2, 0.25) is 0 Å². The highest BCUT2D eigenvalue weighted by Crippen LogP contribution is 2.49. The molecule has 1 aromatic heterocycles. The first-order valence-electron chi connectivity index (χ1n) is 11.9. The van der Waals surface area contributed by atoms with Crippen LogP contribution in [0.4, 0.5) is 5.69 Å². The van der Waals surface area contributed by atoms with E-state index in [-0.39, 0.29) is 0 Å². The summed E-state index contributed by atoms with van der Waals surface area (Å²) in [5, 5.41) is 5.34. The zero-order valence-corrected chi connectivity index (χ0v) is 19.4. The number of allylic oxidation sites excluding steroid dienone is 1. The summed E-state index contributed by atoms with van der Waals surface area (Å²) in [4.78, 5) is 0. The van der Waals surface area contributed by atoms with E-state index in [0.29, 0.717) is 5.92 Å². The predicted octanol–water partition coefficient (Wildman–Crippen LogP) is 8.72. The van der Waals surface area contributed by atoms with Crippen molar-refractivity contribution in [1.29, 1.82) is 0 Å². The van der Waals surface area contributed by atoms with Crippen LogP contribution in [0.25, 0.3) is 36.5 Å². The summed E-state index contributed by atoms with van der Waals surface area (Å²) < 4.78 is 4.88. The van der Waals surface area contributed by atoms with Crippen LogP contribution in [0.5, 0.6) is 0 Å². The van der Waals surface area contributed by atoms with Crippen LogP contribution in [0, 0.1) is 12.0 Å². The second kappa shape index (κ2) is 7.33. The SMILES string of the molecule is C=[N+]1c2ccc3ccccc3c2C(C2CCCC2)=C[C-]1c1cccc2c1[s+][c-]1ccccc21. The molecule has 2 heterocycles. The average Bonchev–Trinajstić information content (AvgIpc) is 3.52. The minimum atomic E-state index is 0.625. The van der Waals surface area contributed by atoms with E-state index in [1.807, 2.05) is 11.3 Å². The molecule has 0 radical (unpaired) electrons. The van der Waals surface area contributed by atoms with Gasteiger partial charge in [0.25, 0.3) is 0 Å².